The fraction of sp³-hybridized carbons (Fsp3) is 0.0625. The van der Waals surface area contributed by atoms with Crippen molar-refractivity contribution in [3.8, 4) is 23.1 Å². The van der Waals surface area contributed by atoms with E-state index in [-0.39, 0.29) is 17.7 Å². The molecule has 0 unspecified atom stereocenters. The van der Waals surface area contributed by atoms with Gasteiger partial charge in [-0.3, -0.25) is 0 Å². The first-order chi connectivity index (χ1) is 10.8. The van der Waals surface area contributed by atoms with Crippen LogP contribution in [-0.2, 0) is 0 Å². The molecule has 0 bridgehead atoms. The van der Waals surface area contributed by atoms with Gasteiger partial charge in [0, 0.05) is 5.56 Å². The van der Waals surface area contributed by atoms with Gasteiger partial charge >= 0.3 is 5.95 Å². The largest absolute Gasteiger partial charge is 0.497 e. The third-order valence-electron chi connectivity index (χ3n) is 2.93. The van der Waals surface area contributed by atoms with E-state index < -0.39 is 0 Å². The van der Waals surface area contributed by atoms with Gasteiger partial charge in [0.2, 0.25) is 5.89 Å². The highest BCUT2D eigenvalue weighted by atomic mass is 16.5. The quantitative estimate of drug-likeness (QED) is 0.720. The van der Waals surface area contributed by atoms with Gasteiger partial charge in [-0.05, 0) is 30.3 Å². The monoisotopic (exact) mass is 295 g/mol. The number of oxazole rings is 1. The molecule has 0 radical (unpaired) electrons. The van der Waals surface area contributed by atoms with Crippen LogP contribution in [-0.4, -0.2) is 17.2 Å². The SMILES string of the molecule is COc1cccc(-c2nc(N=Nc3ccccc3)c(O)o2)c1. The fourth-order valence-corrected chi connectivity index (χ4v) is 1.85. The first-order valence-corrected chi connectivity index (χ1v) is 6.57. The molecular formula is C16H13N3O3. The second-order valence-electron chi connectivity index (χ2n) is 4.42. The molecule has 6 nitrogen and oxygen atoms in total. The molecule has 1 N–H and O–H groups in total. The maximum atomic E-state index is 9.78. The van der Waals surface area contributed by atoms with Crippen molar-refractivity contribution in [3.63, 3.8) is 0 Å². The number of aromatic nitrogens is 1. The number of azo groups is 1. The van der Waals surface area contributed by atoms with Crippen molar-refractivity contribution in [2.24, 2.45) is 10.2 Å². The summed E-state index contributed by atoms with van der Waals surface area (Å²) in [5.41, 5.74) is 1.34. The molecule has 1 heterocycles. The van der Waals surface area contributed by atoms with E-state index in [0.29, 0.717) is 17.0 Å². The third kappa shape index (κ3) is 2.95. The first kappa shape index (κ1) is 13.8. The summed E-state index contributed by atoms with van der Waals surface area (Å²) in [6.45, 7) is 0. The van der Waals surface area contributed by atoms with E-state index in [1.165, 1.54) is 0 Å². The number of ether oxygens (including phenoxy) is 1. The second-order valence-corrected chi connectivity index (χ2v) is 4.42. The predicted octanol–water partition coefficient (Wildman–Crippen LogP) is 4.47. The summed E-state index contributed by atoms with van der Waals surface area (Å²) in [7, 11) is 1.58. The molecular weight excluding hydrogens is 282 g/mol. The summed E-state index contributed by atoms with van der Waals surface area (Å²) < 4.78 is 10.4. The Balaban J connectivity index is 1.89. The van der Waals surface area contributed by atoms with Crippen LogP contribution in [0.1, 0.15) is 0 Å². The maximum absolute atomic E-state index is 9.78. The molecule has 3 aromatic rings. The van der Waals surface area contributed by atoms with Gasteiger partial charge in [-0.15, -0.1) is 10.2 Å². The highest BCUT2D eigenvalue weighted by Gasteiger charge is 2.14. The van der Waals surface area contributed by atoms with Crippen molar-refractivity contribution in [1.82, 2.24) is 4.98 Å². The minimum Gasteiger partial charge on any atom is -0.497 e. The van der Waals surface area contributed by atoms with Gasteiger partial charge < -0.3 is 14.3 Å². The molecule has 0 saturated carbocycles. The summed E-state index contributed by atoms with van der Waals surface area (Å²) in [5, 5.41) is 17.7. The third-order valence-corrected chi connectivity index (χ3v) is 2.93. The Hall–Kier alpha value is -3.15. The van der Waals surface area contributed by atoms with Crippen LogP contribution >= 0.6 is 0 Å². The Labute approximate surface area is 126 Å². The highest BCUT2D eigenvalue weighted by molar-refractivity contribution is 5.59. The molecule has 22 heavy (non-hydrogen) atoms. The van der Waals surface area contributed by atoms with Gasteiger partial charge in [-0.25, -0.2) is 0 Å². The zero-order valence-corrected chi connectivity index (χ0v) is 11.8. The lowest BCUT2D eigenvalue weighted by Crippen LogP contribution is -1.83. The molecule has 0 aliphatic heterocycles. The van der Waals surface area contributed by atoms with Gasteiger partial charge in [0.1, 0.15) is 5.75 Å². The number of hydrogen-bond acceptors (Lipinski definition) is 6. The number of benzene rings is 2. The molecule has 0 atom stereocenters. The molecule has 2 aromatic carbocycles. The Morgan fingerprint density at radius 3 is 2.64 bits per heavy atom. The first-order valence-electron chi connectivity index (χ1n) is 6.57. The molecule has 0 aliphatic carbocycles. The van der Waals surface area contributed by atoms with E-state index in [1.54, 1.807) is 37.4 Å². The molecule has 3 rings (SSSR count). The maximum Gasteiger partial charge on any atom is 0.332 e. The van der Waals surface area contributed by atoms with E-state index in [2.05, 4.69) is 15.2 Å². The lowest BCUT2D eigenvalue weighted by Gasteiger charge is -2.00. The van der Waals surface area contributed by atoms with Crippen molar-refractivity contribution in [2.75, 3.05) is 7.11 Å². The Kier molecular flexibility index (Phi) is 3.82. The van der Waals surface area contributed by atoms with E-state index in [4.69, 9.17) is 9.15 Å². The van der Waals surface area contributed by atoms with Crippen LogP contribution in [0.25, 0.3) is 11.5 Å². The summed E-state index contributed by atoms with van der Waals surface area (Å²) in [4.78, 5) is 4.14. The number of nitrogens with zero attached hydrogens (tertiary/aromatic N) is 3. The van der Waals surface area contributed by atoms with Crippen LogP contribution in [0.5, 0.6) is 11.7 Å². The second kappa shape index (κ2) is 6.09. The minimum absolute atomic E-state index is 0.0293. The van der Waals surface area contributed by atoms with Crippen LogP contribution in [0.2, 0.25) is 0 Å². The minimum atomic E-state index is -0.377. The van der Waals surface area contributed by atoms with E-state index in [0.717, 1.165) is 0 Å². The topological polar surface area (TPSA) is 80.2 Å². The molecule has 0 amide bonds. The van der Waals surface area contributed by atoms with Gasteiger partial charge in [-0.1, -0.05) is 24.3 Å². The lowest BCUT2D eigenvalue weighted by atomic mass is 10.2. The summed E-state index contributed by atoms with van der Waals surface area (Å²) >= 11 is 0. The average molecular weight is 295 g/mol. The van der Waals surface area contributed by atoms with Gasteiger partial charge in [-0.2, -0.15) is 4.98 Å². The zero-order valence-electron chi connectivity index (χ0n) is 11.8. The Morgan fingerprint density at radius 2 is 1.86 bits per heavy atom. The fourth-order valence-electron chi connectivity index (χ4n) is 1.85. The van der Waals surface area contributed by atoms with E-state index in [1.807, 2.05) is 24.3 Å². The van der Waals surface area contributed by atoms with Crippen LogP contribution in [0.3, 0.4) is 0 Å². The Morgan fingerprint density at radius 1 is 1.05 bits per heavy atom. The standard InChI is InChI=1S/C16H13N3O3/c1-21-13-9-5-6-11(10-13)15-17-14(16(20)22-15)19-18-12-7-3-2-4-8-12/h2-10,20H,1H3. The number of aromatic hydroxyl groups is 1. The summed E-state index contributed by atoms with van der Waals surface area (Å²) in [5.74, 6) is 0.570. The van der Waals surface area contributed by atoms with Gasteiger partial charge in [0.25, 0.3) is 5.82 Å². The van der Waals surface area contributed by atoms with Gasteiger partial charge in [0.15, 0.2) is 0 Å². The average Bonchev–Trinajstić information content (AvgIpc) is 2.95. The lowest BCUT2D eigenvalue weighted by molar-refractivity contribution is 0.338. The van der Waals surface area contributed by atoms with Crippen molar-refractivity contribution >= 4 is 11.5 Å². The molecule has 0 saturated heterocycles. The smallest absolute Gasteiger partial charge is 0.332 e. The number of hydrogen-bond donors (Lipinski definition) is 1. The molecule has 0 spiro atoms. The van der Waals surface area contributed by atoms with Crippen molar-refractivity contribution < 1.29 is 14.3 Å². The molecule has 6 heteroatoms. The normalized spacial score (nSPS) is 11.0. The molecule has 0 aliphatic rings. The number of methoxy groups -OCH3 is 1. The van der Waals surface area contributed by atoms with E-state index in [9.17, 15) is 5.11 Å². The molecule has 0 fully saturated rings. The predicted molar refractivity (Wildman–Crippen MR) is 80.8 cm³/mol. The van der Waals surface area contributed by atoms with Gasteiger partial charge in [0.05, 0.1) is 12.8 Å². The van der Waals surface area contributed by atoms with Crippen LogP contribution < -0.4 is 4.74 Å². The van der Waals surface area contributed by atoms with Crippen LogP contribution in [0.15, 0.2) is 69.2 Å². The molecule has 110 valence electrons. The summed E-state index contributed by atoms with van der Waals surface area (Å²) in [6.07, 6.45) is 0. The van der Waals surface area contributed by atoms with E-state index >= 15 is 0 Å². The van der Waals surface area contributed by atoms with Crippen molar-refractivity contribution in [1.29, 1.82) is 0 Å². The highest BCUT2D eigenvalue weighted by Crippen LogP contribution is 2.33. The zero-order chi connectivity index (χ0) is 15.4. The summed E-state index contributed by atoms with van der Waals surface area (Å²) in [6, 6.07) is 16.3. The number of rotatable bonds is 4. The van der Waals surface area contributed by atoms with Crippen molar-refractivity contribution in [2.45, 2.75) is 0 Å². The van der Waals surface area contributed by atoms with Crippen molar-refractivity contribution in [3.05, 3.63) is 54.6 Å². The molecule has 1 aromatic heterocycles. The Bertz CT molecular complexity index is 797. The van der Waals surface area contributed by atoms with Crippen LogP contribution in [0.4, 0.5) is 11.5 Å². The van der Waals surface area contributed by atoms with Crippen LogP contribution in [0, 0.1) is 0 Å².